The van der Waals surface area contributed by atoms with Gasteiger partial charge < -0.3 is 24.6 Å². The molecule has 0 radical (unpaired) electrons. The minimum Gasteiger partial charge on any atom is -0.375 e. The van der Waals surface area contributed by atoms with E-state index in [1.54, 1.807) is 19.0 Å². The van der Waals surface area contributed by atoms with Gasteiger partial charge in [0.15, 0.2) is 0 Å². The lowest BCUT2D eigenvalue weighted by Gasteiger charge is -2.46. The van der Waals surface area contributed by atoms with Gasteiger partial charge in [-0.25, -0.2) is 4.79 Å². The lowest BCUT2D eigenvalue weighted by Crippen LogP contribution is -2.53. The molecule has 29 heavy (non-hydrogen) atoms. The van der Waals surface area contributed by atoms with E-state index in [9.17, 15) is 9.59 Å². The van der Waals surface area contributed by atoms with Crippen LogP contribution in [0, 0.1) is 0 Å². The summed E-state index contributed by atoms with van der Waals surface area (Å²) in [6.45, 7) is 4.16. The molecule has 2 heterocycles. The van der Waals surface area contributed by atoms with E-state index in [1.165, 1.54) is 5.56 Å². The highest BCUT2D eigenvalue weighted by atomic mass is 16.5. The molecule has 7 heteroatoms. The summed E-state index contributed by atoms with van der Waals surface area (Å²) in [7, 11) is 3.47. The highest BCUT2D eigenvalue weighted by molar-refractivity contribution is 5.89. The van der Waals surface area contributed by atoms with E-state index in [0.717, 1.165) is 37.8 Å². The summed E-state index contributed by atoms with van der Waals surface area (Å²) in [6.07, 6.45) is 4.14. The van der Waals surface area contributed by atoms with E-state index in [0.29, 0.717) is 19.7 Å². The molecule has 2 fully saturated rings. The quantitative estimate of drug-likeness (QED) is 0.821. The maximum atomic E-state index is 12.7. The standard InChI is InChI=1S/C22H33N3O4/c1-4-17-6-5-7-18(14-17)23-21(27)25-11-9-22(10-12-25)15-19(8-13-29-22)28-16-20(26)24(2)3/h5-7,14,19H,4,8-13,15-16H2,1-3H3,(H,23,27). The first-order chi connectivity index (χ1) is 13.9. The zero-order valence-electron chi connectivity index (χ0n) is 17.8. The molecule has 160 valence electrons. The molecule has 0 aromatic heterocycles. The predicted octanol–water partition coefficient (Wildman–Crippen LogP) is 2.90. The van der Waals surface area contributed by atoms with Gasteiger partial charge >= 0.3 is 6.03 Å². The Kier molecular flexibility index (Phi) is 7.14. The minimum absolute atomic E-state index is 0.0239. The second-order valence-corrected chi connectivity index (χ2v) is 8.22. The van der Waals surface area contributed by atoms with Gasteiger partial charge in [0, 0.05) is 45.9 Å². The summed E-state index contributed by atoms with van der Waals surface area (Å²) in [5.74, 6) is -0.0239. The number of urea groups is 1. The SMILES string of the molecule is CCc1cccc(NC(=O)N2CCC3(CC2)CC(OCC(=O)N(C)C)CCO3)c1. The van der Waals surface area contributed by atoms with Gasteiger partial charge in [-0.2, -0.15) is 0 Å². The van der Waals surface area contributed by atoms with Gasteiger partial charge in [-0.15, -0.1) is 0 Å². The first kappa shape index (κ1) is 21.6. The van der Waals surface area contributed by atoms with Crippen LogP contribution < -0.4 is 5.32 Å². The number of carbonyl (C=O) groups is 2. The molecule has 0 aliphatic carbocycles. The van der Waals surface area contributed by atoms with Gasteiger partial charge in [-0.05, 0) is 43.4 Å². The molecule has 3 amide bonds. The number of likely N-dealkylation sites (N-methyl/N-ethyl adjacent to an activating group) is 1. The molecule has 7 nitrogen and oxygen atoms in total. The summed E-state index contributed by atoms with van der Waals surface area (Å²) in [6, 6.07) is 7.91. The number of hydrogen-bond donors (Lipinski definition) is 1. The molecule has 0 saturated carbocycles. The average Bonchev–Trinajstić information content (AvgIpc) is 2.72. The topological polar surface area (TPSA) is 71.1 Å². The molecule has 1 aromatic rings. The summed E-state index contributed by atoms with van der Waals surface area (Å²) < 4.78 is 12.0. The van der Waals surface area contributed by atoms with Crippen molar-refractivity contribution in [3.63, 3.8) is 0 Å². The predicted molar refractivity (Wildman–Crippen MR) is 112 cm³/mol. The van der Waals surface area contributed by atoms with Crippen LogP contribution in [0.4, 0.5) is 10.5 Å². The first-order valence-corrected chi connectivity index (χ1v) is 10.5. The van der Waals surface area contributed by atoms with Crippen molar-refractivity contribution in [2.24, 2.45) is 0 Å². The van der Waals surface area contributed by atoms with Crippen molar-refractivity contribution in [2.75, 3.05) is 45.7 Å². The molecule has 1 atom stereocenters. The van der Waals surface area contributed by atoms with Crippen LogP contribution >= 0.6 is 0 Å². The lowest BCUT2D eigenvalue weighted by atomic mass is 9.83. The molecule has 2 aliphatic heterocycles. The van der Waals surface area contributed by atoms with Crippen molar-refractivity contribution < 1.29 is 19.1 Å². The van der Waals surface area contributed by atoms with Crippen LogP contribution in [0.15, 0.2) is 24.3 Å². The second kappa shape index (κ2) is 9.59. The fraction of sp³-hybridized carbons (Fsp3) is 0.636. The van der Waals surface area contributed by atoms with Gasteiger partial charge in [0.1, 0.15) is 6.61 Å². The Labute approximate surface area is 173 Å². The summed E-state index contributed by atoms with van der Waals surface area (Å²) in [5, 5.41) is 3.01. The van der Waals surface area contributed by atoms with Gasteiger partial charge in [0.05, 0.1) is 11.7 Å². The van der Waals surface area contributed by atoms with Crippen LogP contribution in [-0.2, 0) is 20.7 Å². The number of benzene rings is 1. The lowest BCUT2D eigenvalue weighted by molar-refractivity contribution is -0.160. The van der Waals surface area contributed by atoms with E-state index in [2.05, 4.69) is 18.3 Å². The normalized spacial score (nSPS) is 21.1. The van der Waals surface area contributed by atoms with E-state index in [4.69, 9.17) is 9.47 Å². The Morgan fingerprint density at radius 1 is 1.31 bits per heavy atom. The van der Waals surface area contributed by atoms with E-state index < -0.39 is 0 Å². The van der Waals surface area contributed by atoms with Crippen molar-refractivity contribution in [2.45, 2.75) is 50.7 Å². The molecular weight excluding hydrogens is 370 g/mol. The number of aryl methyl sites for hydroxylation is 1. The van der Waals surface area contributed by atoms with Gasteiger partial charge in [0.2, 0.25) is 5.91 Å². The van der Waals surface area contributed by atoms with Crippen LogP contribution in [0.1, 0.15) is 38.2 Å². The van der Waals surface area contributed by atoms with Crippen LogP contribution in [-0.4, -0.2) is 73.8 Å². The van der Waals surface area contributed by atoms with Gasteiger partial charge in [0.25, 0.3) is 0 Å². The zero-order valence-corrected chi connectivity index (χ0v) is 17.8. The van der Waals surface area contributed by atoms with E-state index in [-0.39, 0.29) is 30.3 Å². The highest BCUT2D eigenvalue weighted by Gasteiger charge is 2.41. The Balaban J connectivity index is 1.49. The largest absolute Gasteiger partial charge is 0.375 e. The molecule has 1 spiro atoms. The molecule has 1 unspecified atom stereocenters. The number of amides is 3. The van der Waals surface area contributed by atoms with Crippen LogP contribution in [0.3, 0.4) is 0 Å². The highest BCUT2D eigenvalue weighted by Crippen LogP contribution is 2.36. The van der Waals surface area contributed by atoms with Gasteiger partial charge in [-0.3, -0.25) is 4.79 Å². The number of likely N-dealkylation sites (tertiary alicyclic amines) is 1. The fourth-order valence-electron chi connectivity index (χ4n) is 3.98. The zero-order chi connectivity index (χ0) is 20.9. The molecule has 2 saturated heterocycles. The number of ether oxygens (including phenoxy) is 2. The summed E-state index contributed by atoms with van der Waals surface area (Å²) in [5.41, 5.74) is 1.79. The van der Waals surface area contributed by atoms with Crippen LogP contribution in [0.5, 0.6) is 0 Å². The average molecular weight is 404 g/mol. The summed E-state index contributed by atoms with van der Waals surface area (Å²) >= 11 is 0. The number of nitrogens with one attached hydrogen (secondary N) is 1. The Morgan fingerprint density at radius 2 is 2.07 bits per heavy atom. The number of piperidine rings is 1. The number of anilines is 1. The maximum Gasteiger partial charge on any atom is 0.321 e. The summed E-state index contributed by atoms with van der Waals surface area (Å²) in [4.78, 5) is 27.8. The fourth-order valence-corrected chi connectivity index (χ4v) is 3.98. The van der Waals surface area contributed by atoms with Crippen LogP contribution in [0.25, 0.3) is 0 Å². The smallest absolute Gasteiger partial charge is 0.321 e. The number of nitrogens with zero attached hydrogens (tertiary/aromatic N) is 2. The minimum atomic E-state index is -0.247. The number of carbonyl (C=O) groups excluding carboxylic acids is 2. The number of hydrogen-bond acceptors (Lipinski definition) is 4. The Morgan fingerprint density at radius 3 is 2.76 bits per heavy atom. The van der Waals surface area contributed by atoms with Crippen molar-refractivity contribution in [3.8, 4) is 0 Å². The van der Waals surface area contributed by atoms with Gasteiger partial charge in [-0.1, -0.05) is 19.1 Å². The van der Waals surface area contributed by atoms with Crippen molar-refractivity contribution >= 4 is 17.6 Å². The maximum absolute atomic E-state index is 12.7. The van der Waals surface area contributed by atoms with Crippen LogP contribution in [0.2, 0.25) is 0 Å². The van der Waals surface area contributed by atoms with Crippen molar-refractivity contribution in [3.05, 3.63) is 29.8 Å². The molecule has 2 aliphatic rings. The third-order valence-electron chi connectivity index (χ3n) is 5.94. The first-order valence-electron chi connectivity index (χ1n) is 10.5. The van der Waals surface area contributed by atoms with E-state index >= 15 is 0 Å². The molecule has 1 N–H and O–H groups in total. The Bertz CT molecular complexity index is 714. The third-order valence-corrected chi connectivity index (χ3v) is 5.94. The Hall–Kier alpha value is -2.12. The van der Waals surface area contributed by atoms with E-state index in [1.807, 2.05) is 23.1 Å². The van der Waals surface area contributed by atoms with Crippen molar-refractivity contribution in [1.29, 1.82) is 0 Å². The molecule has 0 bridgehead atoms. The molecule has 3 rings (SSSR count). The monoisotopic (exact) mass is 403 g/mol. The third kappa shape index (κ3) is 5.70. The molecule has 1 aromatic carbocycles. The number of rotatable bonds is 5. The second-order valence-electron chi connectivity index (χ2n) is 8.22. The molecular formula is C22H33N3O4. The van der Waals surface area contributed by atoms with Crippen molar-refractivity contribution in [1.82, 2.24) is 9.80 Å².